The van der Waals surface area contributed by atoms with Gasteiger partial charge in [-0.05, 0) is 0 Å². The van der Waals surface area contributed by atoms with Gasteiger partial charge in [-0.1, -0.05) is 8.38 Å². The van der Waals surface area contributed by atoms with Gasteiger partial charge in [-0.25, -0.2) is 4.57 Å². The molecule has 0 rings (SSSR count). The fourth-order valence-electron chi connectivity index (χ4n) is 0.313. The van der Waals surface area contributed by atoms with E-state index in [-0.39, 0.29) is 4.49 Å². The minimum Gasteiger partial charge on any atom is -0.283 e. The molecule has 0 aromatic carbocycles. The van der Waals surface area contributed by atoms with E-state index in [1.807, 2.05) is 0 Å². The van der Waals surface area contributed by atoms with E-state index in [1.54, 1.807) is 0 Å². The molecule has 0 radical (unpaired) electrons. The molecule has 14 heavy (non-hydrogen) atoms. The lowest BCUT2D eigenvalue weighted by Gasteiger charge is -2.10. The predicted octanol–water partition coefficient (Wildman–Crippen LogP) is 1.45. The van der Waals surface area contributed by atoms with Gasteiger partial charge in [0.2, 0.25) is 0 Å². The monoisotopic (exact) mass is 263 g/mol. The van der Waals surface area contributed by atoms with Crippen LogP contribution in [0.1, 0.15) is 0 Å². The maximum absolute atomic E-state index is 12.2. The van der Waals surface area contributed by atoms with Crippen molar-refractivity contribution in [2.24, 2.45) is 0 Å². The third-order valence-corrected chi connectivity index (χ3v) is 2.82. The Morgan fingerprint density at radius 3 is 2.07 bits per heavy atom. The predicted molar refractivity (Wildman–Crippen MR) is 33.9 cm³/mol. The van der Waals surface area contributed by atoms with Crippen molar-refractivity contribution < 1.29 is 38.8 Å². The molecule has 12 heteroatoms. The van der Waals surface area contributed by atoms with E-state index >= 15 is 0 Å². The molecule has 0 heterocycles. The van der Waals surface area contributed by atoms with E-state index in [9.17, 15) is 34.2 Å². The van der Waals surface area contributed by atoms with Gasteiger partial charge >= 0.3 is 24.4 Å². The Kier molecular flexibility index (Phi) is 4.02. The van der Waals surface area contributed by atoms with Crippen LogP contribution in [0.15, 0.2) is 0 Å². The van der Waals surface area contributed by atoms with Crippen molar-refractivity contribution >= 4 is 18.2 Å². The Bertz CT molecular complexity index is 336. The molecular formula is C2H3F5NO4PS. The zero-order chi connectivity index (χ0) is 11.6. The van der Waals surface area contributed by atoms with Crippen molar-refractivity contribution in [1.29, 1.82) is 0 Å². The molecule has 0 bridgehead atoms. The summed E-state index contributed by atoms with van der Waals surface area (Å²) in [5.74, 6) is 0. The van der Waals surface area contributed by atoms with Crippen LogP contribution in [0.5, 0.6) is 0 Å². The lowest BCUT2D eigenvalue weighted by atomic mass is 10.7. The van der Waals surface area contributed by atoms with E-state index in [4.69, 9.17) is 0 Å². The van der Waals surface area contributed by atoms with Crippen LogP contribution in [0.3, 0.4) is 0 Å². The third-order valence-electron chi connectivity index (χ3n) is 0.612. The molecule has 0 aliphatic heterocycles. The van der Waals surface area contributed by atoms with Gasteiger partial charge in [0.05, 0.1) is 0 Å². The van der Waals surface area contributed by atoms with Crippen LogP contribution in [-0.4, -0.2) is 21.2 Å². The van der Waals surface area contributed by atoms with E-state index in [2.05, 4.69) is 4.52 Å². The first-order valence-corrected chi connectivity index (χ1v) is 5.56. The second-order valence-electron chi connectivity index (χ2n) is 1.90. The Morgan fingerprint density at radius 2 is 1.79 bits per heavy atom. The molecule has 0 aromatic heterocycles. The van der Waals surface area contributed by atoms with Gasteiger partial charge in [-0.2, -0.15) is 21.6 Å². The average molecular weight is 263 g/mol. The second kappa shape index (κ2) is 4.09. The van der Waals surface area contributed by atoms with Gasteiger partial charge in [-0.15, -0.1) is 4.20 Å². The summed E-state index contributed by atoms with van der Waals surface area (Å²) in [4.78, 5) is 0. The highest BCUT2D eigenvalue weighted by Crippen LogP contribution is 2.46. The molecule has 0 amide bonds. The zero-order valence-electron chi connectivity index (χ0n) is 6.09. The smallest absolute Gasteiger partial charge is 0.283 e. The Hall–Kier alpha value is -0.250. The first-order valence-electron chi connectivity index (χ1n) is 2.66. The summed E-state index contributed by atoms with van der Waals surface area (Å²) >= 11 is 0. The summed E-state index contributed by atoms with van der Waals surface area (Å²) < 4.78 is 90.4. The molecule has 0 saturated heterocycles. The normalized spacial score (nSPS) is 17.8. The van der Waals surface area contributed by atoms with E-state index in [0.29, 0.717) is 0 Å². The molecule has 0 aliphatic rings. The third kappa shape index (κ3) is 8.35. The first kappa shape index (κ1) is 13.8. The Morgan fingerprint density at radius 1 is 1.36 bits per heavy atom. The lowest BCUT2D eigenvalue weighted by Crippen LogP contribution is -2.20. The van der Waals surface area contributed by atoms with E-state index in [1.165, 1.54) is 0 Å². The molecule has 86 valence electrons. The van der Waals surface area contributed by atoms with Gasteiger partial charge in [0, 0.05) is 0 Å². The highest BCUT2D eigenvalue weighted by molar-refractivity contribution is 7.90. The van der Waals surface area contributed by atoms with Crippen molar-refractivity contribution in [1.82, 2.24) is 4.49 Å². The first-order chi connectivity index (χ1) is 5.91. The minimum atomic E-state index is -5.84. The van der Waals surface area contributed by atoms with Gasteiger partial charge < -0.3 is 0 Å². The average Bonchev–Trinajstić information content (AvgIpc) is 1.76. The molecule has 1 N–H and O–H groups in total. The number of nitrogens with one attached hydrogen (secondary N) is 1. The standard InChI is InChI=1S/C2H3F5NO4PS/c3-2(4,5)1-12-13(6,9)8-14(7,10)11/h1H2,(H,8,9). The van der Waals surface area contributed by atoms with Gasteiger partial charge in [-0.3, -0.25) is 4.52 Å². The highest BCUT2D eigenvalue weighted by Gasteiger charge is 2.36. The fourth-order valence-corrected chi connectivity index (χ4v) is 1.88. The lowest BCUT2D eigenvalue weighted by molar-refractivity contribution is -0.154. The highest BCUT2D eigenvalue weighted by atomic mass is 32.3. The number of alkyl halides is 3. The number of hydrogen-bond acceptors (Lipinski definition) is 4. The van der Waals surface area contributed by atoms with Crippen LogP contribution in [0.2, 0.25) is 0 Å². The SMILES string of the molecule is O=P(F)(NS(=O)(=O)F)OCC(F)(F)F. The number of hydrogen-bond donors (Lipinski definition) is 1. The van der Waals surface area contributed by atoms with Crippen LogP contribution < -0.4 is 4.49 Å². The maximum Gasteiger partial charge on any atom is 0.458 e. The fraction of sp³-hybridized carbons (Fsp3) is 1.00. The number of rotatable bonds is 4. The summed E-state index contributed by atoms with van der Waals surface area (Å²) in [6, 6.07) is 0. The summed E-state index contributed by atoms with van der Waals surface area (Å²) in [5, 5.41) is 0. The van der Waals surface area contributed by atoms with Gasteiger partial charge in [0.15, 0.2) is 6.61 Å². The van der Waals surface area contributed by atoms with E-state index in [0.717, 1.165) is 0 Å². The van der Waals surface area contributed by atoms with Crippen LogP contribution in [-0.2, 0) is 19.5 Å². The largest absolute Gasteiger partial charge is 0.458 e. The van der Waals surface area contributed by atoms with Crippen molar-refractivity contribution in [2.45, 2.75) is 6.18 Å². The summed E-state index contributed by atoms with van der Waals surface area (Å²) in [5.41, 5.74) is 0. The van der Waals surface area contributed by atoms with Crippen molar-refractivity contribution in [3.8, 4) is 0 Å². The molecule has 1 unspecified atom stereocenters. The van der Waals surface area contributed by atoms with Crippen molar-refractivity contribution in [2.75, 3.05) is 6.61 Å². The molecule has 0 aromatic rings. The molecule has 0 spiro atoms. The molecule has 1 atom stereocenters. The minimum absolute atomic E-state index is 0.140. The van der Waals surface area contributed by atoms with E-state index < -0.39 is 31.0 Å². The zero-order valence-corrected chi connectivity index (χ0v) is 7.80. The molecule has 5 nitrogen and oxygen atoms in total. The second-order valence-corrected chi connectivity index (χ2v) is 4.72. The Labute approximate surface area is 75.2 Å². The van der Waals surface area contributed by atoms with Crippen LogP contribution in [0, 0.1) is 0 Å². The molecule has 0 aliphatic carbocycles. The topological polar surface area (TPSA) is 72.5 Å². The van der Waals surface area contributed by atoms with Crippen LogP contribution >= 0.6 is 7.83 Å². The number of halogens is 5. The summed E-state index contributed by atoms with van der Waals surface area (Å²) in [7, 11) is -11.6. The summed E-state index contributed by atoms with van der Waals surface area (Å²) in [6.07, 6.45) is -5.01. The van der Waals surface area contributed by atoms with Crippen molar-refractivity contribution in [3.63, 3.8) is 0 Å². The van der Waals surface area contributed by atoms with Crippen molar-refractivity contribution in [3.05, 3.63) is 0 Å². The Balaban J connectivity index is 4.31. The van der Waals surface area contributed by atoms with Crippen LogP contribution in [0.4, 0.5) is 21.3 Å². The molecule has 0 fully saturated rings. The van der Waals surface area contributed by atoms with Gasteiger partial charge in [0.25, 0.3) is 0 Å². The molecular weight excluding hydrogens is 260 g/mol. The van der Waals surface area contributed by atoms with Gasteiger partial charge in [0.1, 0.15) is 0 Å². The molecule has 0 saturated carbocycles. The maximum atomic E-state index is 12.2. The van der Waals surface area contributed by atoms with Crippen LogP contribution in [0.25, 0.3) is 0 Å². The quantitative estimate of drug-likeness (QED) is 0.473. The summed E-state index contributed by atoms with van der Waals surface area (Å²) in [6.45, 7) is -2.30.